The van der Waals surface area contributed by atoms with E-state index in [1.807, 2.05) is 0 Å². The van der Waals surface area contributed by atoms with Gasteiger partial charge in [-0.3, -0.25) is 0 Å². The Morgan fingerprint density at radius 1 is 1.05 bits per heavy atom. The van der Waals surface area contributed by atoms with Crippen molar-refractivity contribution in [3.63, 3.8) is 0 Å². The van der Waals surface area contributed by atoms with E-state index in [0.29, 0.717) is 0 Å². The second-order valence-corrected chi connectivity index (χ2v) is 6.01. The molecule has 2 atom stereocenters. The molecule has 0 radical (unpaired) electrons. The molecule has 0 aromatic heterocycles. The van der Waals surface area contributed by atoms with Crippen LogP contribution in [0.4, 0.5) is 0 Å². The molecule has 1 heterocycles. The van der Waals surface area contributed by atoms with Gasteiger partial charge < -0.3 is 4.90 Å². The number of piperidine rings is 1. The third-order valence-corrected chi connectivity index (χ3v) is 4.41. The number of nitrogens with one attached hydrogen (secondary N) is 1. The van der Waals surface area contributed by atoms with Crippen molar-refractivity contribution in [3.8, 4) is 12.4 Å². The van der Waals surface area contributed by atoms with Gasteiger partial charge in [-0.2, -0.15) is 10.5 Å². The Morgan fingerprint density at radius 3 is 2.24 bits per heavy atom. The molecular formula is C17H32N4. The van der Waals surface area contributed by atoms with Gasteiger partial charge in [-0.15, -0.1) is 0 Å². The van der Waals surface area contributed by atoms with E-state index in [9.17, 15) is 0 Å². The molecule has 1 aliphatic heterocycles. The minimum atomic E-state index is 0.824. The molecule has 4 nitrogen and oxygen atoms in total. The Kier molecular flexibility index (Phi) is 12.9. The largest absolute Gasteiger partial charge is 0.300 e. The number of nitriles is 2. The van der Waals surface area contributed by atoms with Crippen LogP contribution >= 0.6 is 0 Å². The van der Waals surface area contributed by atoms with E-state index in [2.05, 4.69) is 25.7 Å². The zero-order valence-electron chi connectivity index (χ0n) is 14.1. The van der Waals surface area contributed by atoms with Gasteiger partial charge in [0.2, 0.25) is 0 Å². The van der Waals surface area contributed by atoms with E-state index >= 15 is 0 Å². The molecule has 1 aliphatic rings. The number of hydrogen-bond acceptors (Lipinski definition) is 4. The quantitative estimate of drug-likeness (QED) is 0.437. The molecule has 1 rings (SSSR count). The van der Waals surface area contributed by atoms with Crippen LogP contribution in [0, 0.1) is 28.8 Å². The summed E-state index contributed by atoms with van der Waals surface area (Å²) in [5.74, 6) is 0.911. The van der Waals surface area contributed by atoms with Crippen LogP contribution in [0.15, 0.2) is 0 Å². The second kappa shape index (κ2) is 13.7. The first kappa shape index (κ1) is 19.7. The molecule has 0 saturated carbocycles. The molecule has 120 valence electrons. The Balaban J connectivity index is 0.000000690. The molecule has 0 aliphatic carbocycles. The van der Waals surface area contributed by atoms with Gasteiger partial charge in [-0.1, -0.05) is 46.0 Å². The van der Waals surface area contributed by atoms with Crippen molar-refractivity contribution in [1.82, 2.24) is 10.2 Å². The standard InChI is InChI=1S/C15H31N.C2HN3/c1-4-5-6-7-8-9-12-16-13-10-11-14(2)15(16)3;3-1-5-2-4/h14-15H,4-13H2,1-3H3;5H. The maximum Gasteiger partial charge on any atom is 0.190 e. The van der Waals surface area contributed by atoms with Gasteiger partial charge in [0.05, 0.1) is 0 Å². The van der Waals surface area contributed by atoms with Crippen LogP contribution in [0.2, 0.25) is 0 Å². The van der Waals surface area contributed by atoms with Crippen LogP contribution in [-0.2, 0) is 0 Å². The Bertz CT molecular complexity index is 304. The average Bonchev–Trinajstić information content (AvgIpc) is 2.48. The second-order valence-electron chi connectivity index (χ2n) is 6.01. The number of likely N-dealkylation sites (tertiary alicyclic amines) is 1. The topological polar surface area (TPSA) is 62.9 Å². The van der Waals surface area contributed by atoms with Gasteiger partial charge in [0.25, 0.3) is 0 Å². The molecule has 1 saturated heterocycles. The fraction of sp³-hybridized carbons (Fsp3) is 0.882. The van der Waals surface area contributed by atoms with Crippen molar-refractivity contribution in [2.75, 3.05) is 13.1 Å². The predicted molar refractivity (Wildman–Crippen MR) is 87.2 cm³/mol. The first-order chi connectivity index (χ1) is 10.2. The summed E-state index contributed by atoms with van der Waals surface area (Å²) in [7, 11) is 0. The molecule has 1 N–H and O–H groups in total. The SMILES string of the molecule is CCCCCCCCN1CCCC(C)C1C.N#CNC#N. The molecule has 2 unspecified atom stereocenters. The molecule has 4 heteroatoms. The molecule has 0 amide bonds. The van der Waals surface area contributed by atoms with Crippen LogP contribution in [0.1, 0.15) is 72.1 Å². The monoisotopic (exact) mass is 292 g/mol. The highest BCUT2D eigenvalue weighted by Gasteiger charge is 2.23. The smallest absolute Gasteiger partial charge is 0.190 e. The average molecular weight is 292 g/mol. The number of nitrogens with zero attached hydrogens (tertiary/aromatic N) is 3. The van der Waals surface area contributed by atoms with Crippen molar-refractivity contribution < 1.29 is 0 Å². The van der Waals surface area contributed by atoms with Gasteiger partial charge in [-0.25, -0.2) is 5.32 Å². The summed E-state index contributed by atoms with van der Waals surface area (Å²) in [4.78, 5) is 2.72. The van der Waals surface area contributed by atoms with Gasteiger partial charge in [0.1, 0.15) is 0 Å². The highest BCUT2D eigenvalue weighted by Crippen LogP contribution is 2.23. The lowest BCUT2D eigenvalue weighted by atomic mass is 9.92. The molecule has 0 aromatic rings. The summed E-state index contributed by atoms with van der Waals surface area (Å²) in [6.45, 7) is 9.81. The van der Waals surface area contributed by atoms with Crippen LogP contribution in [0.3, 0.4) is 0 Å². The van der Waals surface area contributed by atoms with E-state index < -0.39 is 0 Å². The van der Waals surface area contributed by atoms with Crippen molar-refractivity contribution in [2.24, 2.45) is 5.92 Å². The highest BCUT2D eigenvalue weighted by molar-refractivity contribution is 4.78. The van der Waals surface area contributed by atoms with E-state index in [1.165, 1.54) is 76.8 Å². The van der Waals surface area contributed by atoms with E-state index in [1.54, 1.807) is 5.32 Å². The molecular weight excluding hydrogens is 260 g/mol. The zero-order valence-corrected chi connectivity index (χ0v) is 14.1. The summed E-state index contributed by atoms with van der Waals surface area (Å²) in [5.41, 5.74) is 0. The lowest BCUT2D eigenvalue weighted by molar-refractivity contribution is 0.112. The minimum absolute atomic E-state index is 0.824. The Hall–Kier alpha value is -1.26. The third-order valence-electron chi connectivity index (χ3n) is 4.41. The normalized spacial score (nSPS) is 21.6. The molecule has 0 aromatic carbocycles. The van der Waals surface area contributed by atoms with Crippen molar-refractivity contribution in [2.45, 2.75) is 78.2 Å². The maximum atomic E-state index is 7.48. The van der Waals surface area contributed by atoms with Crippen LogP contribution in [-0.4, -0.2) is 24.0 Å². The fourth-order valence-corrected chi connectivity index (χ4v) is 2.86. The maximum absolute atomic E-state index is 7.48. The van der Waals surface area contributed by atoms with Crippen LogP contribution in [0.5, 0.6) is 0 Å². The minimum Gasteiger partial charge on any atom is -0.300 e. The van der Waals surface area contributed by atoms with Crippen molar-refractivity contribution in [3.05, 3.63) is 0 Å². The Morgan fingerprint density at radius 2 is 1.67 bits per heavy atom. The lowest BCUT2D eigenvalue weighted by Crippen LogP contribution is -2.42. The summed E-state index contributed by atoms with van der Waals surface area (Å²) >= 11 is 0. The predicted octanol–water partition coefficient (Wildman–Crippen LogP) is 4.01. The van der Waals surface area contributed by atoms with E-state index in [0.717, 1.165) is 12.0 Å². The Labute approximate surface area is 131 Å². The van der Waals surface area contributed by atoms with Gasteiger partial charge in [0, 0.05) is 6.04 Å². The third kappa shape index (κ3) is 10.2. The number of unbranched alkanes of at least 4 members (excludes halogenated alkanes) is 5. The van der Waals surface area contributed by atoms with Gasteiger partial charge >= 0.3 is 0 Å². The zero-order chi connectivity index (χ0) is 15.9. The van der Waals surface area contributed by atoms with Crippen molar-refractivity contribution >= 4 is 0 Å². The summed E-state index contributed by atoms with van der Waals surface area (Å²) < 4.78 is 0. The molecule has 0 bridgehead atoms. The summed E-state index contributed by atoms with van der Waals surface area (Å²) in [5, 5.41) is 16.7. The molecule has 0 spiro atoms. The van der Waals surface area contributed by atoms with E-state index in [-0.39, 0.29) is 0 Å². The first-order valence-corrected chi connectivity index (χ1v) is 8.44. The van der Waals surface area contributed by atoms with E-state index in [4.69, 9.17) is 10.5 Å². The highest BCUT2D eigenvalue weighted by atomic mass is 15.2. The van der Waals surface area contributed by atoms with Crippen molar-refractivity contribution in [1.29, 1.82) is 10.5 Å². The molecule has 1 fully saturated rings. The van der Waals surface area contributed by atoms with Gasteiger partial charge in [-0.05, 0) is 45.2 Å². The fourth-order valence-electron chi connectivity index (χ4n) is 2.86. The summed E-state index contributed by atoms with van der Waals surface area (Å²) in [6.07, 6.45) is 14.2. The van der Waals surface area contributed by atoms with Gasteiger partial charge in [0.15, 0.2) is 12.4 Å². The van der Waals surface area contributed by atoms with Crippen LogP contribution in [0.25, 0.3) is 0 Å². The number of hydrogen-bond donors (Lipinski definition) is 1. The number of rotatable bonds is 7. The first-order valence-electron chi connectivity index (χ1n) is 8.44. The lowest BCUT2D eigenvalue weighted by Gasteiger charge is -2.37. The molecule has 21 heavy (non-hydrogen) atoms. The van der Waals surface area contributed by atoms with Crippen LogP contribution < -0.4 is 5.32 Å². The summed E-state index contributed by atoms with van der Waals surface area (Å²) in [6, 6.07) is 0.824.